The van der Waals surface area contributed by atoms with E-state index in [2.05, 4.69) is 17.0 Å². The van der Waals surface area contributed by atoms with E-state index in [4.69, 9.17) is 9.47 Å². The Morgan fingerprint density at radius 2 is 2.15 bits per heavy atom. The number of likely N-dealkylation sites (tertiary alicyclic amines) is 1. The Kier molecular flexibility index (Phi) is 6.46. The molecule has 0 bridgehead atoms. The van der Waals surface area contributed by atoms with Crippen molar-refractivity contribution in [3.8, 4) is 5.75 Å². The van der Waals surface area contributed by atoms with Gasteiger partial charge in [-0.05, 0) is 61.0 Å². The Bertz CT molecular complexity index is 755. The number of ketones is 1. The second-order valence-electron chi connectivity index (χ2n) is 6.95. The number of rotatable bonds is 7. The van der Waals surface area contributed by atoms with Gasteiger partial charge in [0, 0.05) is 31.7 Å². The van der Waals surface area contributed by atoms with E-state index in [0.717, 1.165) is 54.2 Å². The number of thiophene rings is 1. The first-order valence-corrected chi connectivity index (χ1v) is 9.95. The lowest BCUT2D eigenvalue weighted by Gasteiger charge is -2.32. The zero-order valence-corrected chi connectivity index (χ0v) is 16.6. The summed E-state index contributed by atoms with van der Waals surface area (Å²) in [5, 5.41) is 2.01. The maximum Gasteiger partial charge on any atom is 0.177 e. The molecule has 0 amide bonds. The summed E-state index contributed by atoms with van der Waals surface area (Å²) in [6.45, 7) is 5.30. The van der Waals surface area contributed by atoms with Crippen LogP contribution in [0.2, 0.25) is 0 Å². The molecule has 0 radical (unpaired) electrons. The van der Waals surface area contributed by atoms with Gasteiger partial charge in [-0.1, -0.05) is 6.07 Å². The van der Waals surface area contributed by atoms with E-state index in [1.807, 2.05) is 24.4 Å². The predicted octanol–water partition coefficient (Wildman–Crippen LogP) is 4.31. The van der Waals surface area contributed by atoms with E-state index in [0.29, 0.717) is 12.4 Å². The van der Waals surface area contributed by atoms with E-state index in [9.17, 15) is 4.79 Å². The van der Waals surface area contributed by atoms with Crippen LogP contribution in [0.25, 0.3) is 0 Å². The molecule has 2 heterocycles. The van der Waals surface area contributed by atoms with E-state index < -0.39 is 0 Å². The monoisotopic (exact) mass is 373 g/mol. The van der Waals surface area contributed by atoms with Crippen LogP contribution in [0.4, 0.5) is 0 Å². The number of aryl methyl sites for hydroxylation is 1. The van der Waals surface area contributed by atoms with E-state index >= 15 is 0 Å². The summed E-state index contributed by atoms with van der Waals surface area (Å²) in [6, 6.07) is 8.29. The quantitative estimate of drug-likeness (QED) is 0.678. The van der Waals surface area contributed by atoms with Gasteiger partial charge in [-0.3, -0.25) is 9.69 Å². The third kappa shape index (κ3) is 4.34. The predicted molar refractivity (Wildman–Crippen MR) is 105 cm³/mol. The maximum atomic E-state index is 12.9. The minimum Gasteiger partial charge on any atom is -0.496 e. The van der Waals surface area contributed by atoms with Gasteiger partial charge in [0.1, 0.15) is 5.75 Å². The first kappa shape index (κ1) is 19.1. The van der Waals surface area contributed by atoms with Crippen LogP contribution in [0, 0.1) is 12.8 Å². The summed E-state index contributed by atoms with van der Waals surface area (Å²) in [5.41, 5.74) is 3.40. The largest absolute Gasteiger partial charge is 0.496 e. The Morgan fingerprint density at radius 1 is 1.31 bits per heavy atom. The van der Waals surface area contributed by atoms with Crippen LogP contribution in [-0.2, 0) is 17.9 Å². The van der Waals surface area contributed by atoms with Crippen molar-refractivity contribution in [1.82, 2.24) is 4.90 Å². The molecule has 1 atom stereocenters. The van der Waals surface area contributed by atoms with Gasteiger partial charge in [0.15, 0.2) is 5.78 Å². The van der Waals surface area contributed by atoms with Crippen LogP contribution in [-0.4, -0.2) is 38.0 Å². The van der Waals surface area contributed by atoms with Crippen LogP contribution in [0.15, 0.2) is 29.6 Å². The molecule has 0 unspecified atom stereocenters. The van der Waals surface area contributed by atoms with Crippen molar-refractivity contribution in [2.24, 2.45) is 5.92 Å². The highest BCUT2D eigenvalue weighted by molar-refractivity contribution is 7.12. The molecule has 0 aliphatic carbocycles. The number of piperidine rings is 1. The topological polar surface area (TPSA) is 38.8 Å². The highest BCUT2D eigenvalue weighted by Crippen LogP contribution is 2.27. The summed E-state index contributed by atoms with van der Waals surface area (Å²) in [4.78, 5) is 16.2. The average Bonchev–Trinajstić information content (AvgIpc) is 3.08. The van der Waals surface area contributed by atoms with E-state index in [1.165, 1.54) is 5.56 Å². The van der Waals surface area contributed by atoms with Crippen molar-refractivity contribution < 1.29 is 14.3 Å². The molecule has 26 heavy (non-hydrogen) atoms. The number of methoxy groups -OCH3 is 2. The summed E-state index contributed by atoms with van der Waals surface area (Å²) in [7, 11) is 3.38. The van der Waals surface area contributed by atoms with Crippen LogP contribution in [0.1, 0.15) is 39.2 Å². The van der Waals surface area contributed by atoms with Crippen LogP contribution >= 0.6 is 11.3 Å². The molecule has 2 aromatic rings. The lowest BCUT2D eigenvalue weighted by molar-refractivity contribution is 0.0815. The fraction of sp³-hybridized carbons (Fsp3) is 0.476. The van der Waals surface area contributed by atoms with Crippen LogP contribution < -0.4 is 4.74 Å². The number of hydrogen-bond acceptors (Lipinski definition) is 5. The van der Waals surface area contributed by atoms with Crippen molar-refractivity contribution in [3.05, 3.63) is 51.2 Å². The van der Waals surface area contributed by atoms with Gasteiger partial charge in [-0.25, -0.2) is 0 Å². The normalized spacial score (nSPS) is 18.0. The number of carbonyl (C=O) groups excluding carboxylic acids is 1. The Hall–Kier alpha value is -1.69. The molecular formula is C21H27NO3S. The minimum atomic E-state index is 0.109. The second-order valence-corrected chi connectivity index (χ2v) is 7.87. The fourth-order valence-corrected chi connectivity index (χ4v) is 4.63. The molecule has 0 saturated carbocycles. The molecule has 1 aromatic carbocycles. The standard InChI is InChI=1S/C21H27NO3S/c1-15-8-10-26-21(15)20(23)17-5-4-9-22(13-17)12-16-6-7-19(25-3)18(11-16)14-24-2/h6-8,10-11,17H,4-5,9,12-14H2,1-3H3/t17-/m1/s1. The summed E-state index contributed by atoms with van der Waals surface area (Å²) >= 11 is 1.57. The molecular weight excluding hydrogens is 346 g/mol. The molecule has 4 nitrogen and oxygen atoms in total. The summed E-state index contributed by atoms with van der Waals surface area (Å²) in [5.74, 6) is 1.28. The van der Waals surface area contributed by atoms with Crippen LogP contribution in [0.5, 0.6) is 5.75 Å². The fourth-order valence-electron chi connectivity index (χ4n) is 3.68. The SMILES string of the molecule is COCc1cc(CN2CCC[C@@H](C(=O)c3sccc3C)C2)ccc1OC. The van der Waals surface area contributed by atoms with Crippen molar-refractivity contribution >= 4 is 17.1 Å². The zero-order valence-electron chi connectivity index (χ0n) is 15.8. The van der Waals surface area contributed by atoms with Crippen molar-refractivity contribution in [2.75, 3.05) is 27.3 Å². The number of hydrogen-bond donors (Lipinski definition) is 0. The Labute approximate surface area is 159 Å². The minimum absolute atomic E-state index is 0.109. The van der Waals surface area contributed by atoms with Gasteiger partial charge in [0.25, 0.3) is 0 Å². The molecule has 3 rings (SSSR count). The first-order valence-electron chi connectivity index (χ1n) is 9.07. The smallest absolute Gasteiger partial charge is 0.177 e. The van der Waals surface area contributed by atoms with Crippen molar-refractivity contribution in [2.45, 2.75) is 32.9 Å². The molecule has 1 fully saturated rings. The third-order valence-electron chi connectivity index (χ3n) is 5.01. The van der Waals surface area contributed by atoms with Gasteiger partial charge in [0.2, 0.25) is 0 Å². The van der Waals surface area contributed by atoms with Gasteiger partial charge in [-0.2, -0.15) is 0 Å². The van der Waals surface area contributed by atoms with Gasteiger partial charge >= 0.3 is 0 Å². The van der Waals surface area contributed by atoms with Gasteiger partial charge < -0.3 is 9.47 Å². The third-order valence-corrected chi connectivity index (χ3v) is 6.04. The number of ether oxygens (including phenoxy) is 2. The number of Topliss-reactive ketones (excluding diaryl/α,β-unsaturated/α-hetero) is 1. The van der Waals surface area contributed by atoms with Crippen molar-refractivity contribution in [3.63, 3.8) is 0 Å². The summed E-state index contributed by atoms with van der Waals surface area (Å²) < 4.78 is 10.7. The highest BCUT2D eigenvalue weighted by Gasteiger charge is 2.28. The number of carbonyl (C=O) groups is 1. The molecule has 0 spiro atoms. The van der Waals surface area contributed by atoms with Gasteiger partial charge in [0.05, 0.1) is 18.6 Å². The molecule has 5 heteroatoms. The van der Waals surface area contributed by atoms with Crippen molar-refractivity contribution in [1.29, 1.82) is 0 Å². The maximum absolute atomic E-state index is 12.9. The average molecular weight is 374 g/mol. The zero-order chi connectivity index (χ0) is 18.5. The lowest BCUT2D eigenvalue weighted by Crippen LogP contribution is -2.38. The number of nitrogens with zero attached hydrogens (tertiary/aromatic N) is 1. The van der Waals surface area contributed by atoms with E-state index in [-0.39, 0.29) is 5.92 Å². The molecule has 1 aliphatic rings. The number of benzene rings is 1. The lowest BCUT2D eigenvalue weighted by atomic mass is 9.91. The second kappa shape index (κ2) is 8.80. The van der Waals surface area contributed by atoms with Gasteiger partial charge in [-0.15, -0.1) is 11.3 Å². The van der Waals surface area contributed by atoms with Crippen LogP contribution in [0.3, 0.4) is 0 Å². The molecule has 0 N–H and O–H groups in total. The Morgan fingerprint density at radius 3 is 2.85 bits per heavy atom. The summed E-state index contributed by atoms with van der Waals surface area (Å²) in [6.07, 6.45) is 2.06. The first-order chi connectivity index (χ1) is 12.6. The molecule has 140 valence electrons. The van der Waals surface area contributed by atoms with E-state index in [1.54, 1.807) is 25.6 Å². The highest BCUT2D eigenvalue weighted by atomic mass is 32.1. The molecule has 1 aliphatic heterocycles. The molecule has 1 saturated heterocycles. The molecule has 1 aromatic heterocycles. The Balaban J connectivity index is 1.68.